The van der Waals surface area contributed by atoms with Crippen LogP contribution >= 0.6 is 23.2 Å². The number of fused-ring (bicyclic) bond motifs is 1. The van der Waals surface area contributed by atoms with E-state index in [4.69, 9.17) is 27.9 Å². The first-order valence-electron chi connectivity index (χ1n) is 10.9. The molecular formula is C26H28Cl2N2O3. The average molecular weight is 487 g/mol. The van der Waals surface area contributed by atoms with Crippen molar-refractivity contribution < 1.29 is 9.53 Å². The Morgan fingerprint density at radius 3 is 2.42 bits per heavy atom. The van der Waals surface area contributed by atoms with Gasteiger partial charge in [-0.15, -0.1) is 0 Å². The second kappa shape index (κ2) is 11.9. The number of amides is 1. The van der Waals surface area contributed by atoms with Gasteiger partial charge in [0.25, 0.3) is 0 Å². The van der Waals surface area contributed by atoms with Gasteiger partial charge >= 0.3 is 0 Å². The van der Waals surface area contributed by atoms with Gasteiger partial charge in [0, 0.05) is 53.0 Å². The highest BCUT2D eigenvalue weighted by atomic mass is 35.5. The number of ether oxygens (including phenoxy) is 1. The summed E-state index contributed by atoms with van der Waals surface area (Å²) in [6, 6.07) is 16.4. The number of nitrogens with one attached hydrogen (secondary N) is 1. The van der Waals surface area contributed by atoms with E-state index in [2.05, 4.69) is 4.98 Å². The lowest BCUT2D eigenvalue weighted by Crippen LogP contribution is -2.42. The molecule has 1 N–H and O–H groups in total. The second-order valence-corrected chi connectivity index (χ2v) is 8.98. The molecule has 2 heterocycles. The van der Waals surface area contributed by atoms with E-state index in [0.29, 0.717) is 24.5 Å². The number of rotatable bonds is 4. The maximum Gasteiger partial charge on any atom is 0.248 e. The van der Waals surface area contributed by atoms with Crippen molar-refractivity contribution in [2.75, 3.05) is 13.1 Å². The van der Waals surface area contributed by atoms with Crippen LogP contribution in [-0.4, -0.2) is 35.0 Å². The van der Waals surface area contributed by atoms with Crippen molar-refractivity contribution in [2.24, 2.45) is 0 Å². The molecule has 0 atom stereocenters. The minimum absolute atomic E-state index is 0.0831. The van der Waals surface area contributed by atoms with Gasteiger partial charge in [0.1, 0.15) is 11.9 Å². The van der Waals surface area contributed by atoms with Crippen molar-refractivity contribution in [1.29, 1.82) is 0 Å². The molecule has 3 aromatic rings. The van der Waals surface area contributed by atoms with Gasteiger partial charge in [-0.05, 0) is 55.8 Å². The fourth-order valence-electron chi connectivity index (χ4n) is 3.51. The summed E-state index contributed by atoms with van der Waals surface area (Å²) in [5, 5.41) is 2.46. The molecule has 5 nitrogen and oxygen atoms in total. The molecule has 1 aliphatic heterocycles. The predicted molar refractivity (Wildman–Crippen MR) is 135 cm³/mol. The molecule has 0 aliphatic carbocycles. The third-order valence-electron chi connectivity index (χ3n) is 5.46. The van der Waals surface area contributed by atoms with E-state index in [1.54, 1.807) is 6.07 Å². The Bertz CT molecular complexity index is 1160. The molecule has 174 valence electrons. The van der Waals surface area contributed by atoms with Gasteiger partial charge in [-0.25, -0.2) is 0 Å². The Balaban J connectivity index is 0.000000555. The van der Waals surface area contributed by atoms with Gasteiger partial charge in [0.15, 0.2) is 0 Å². The van der Waals surface area contributed by atoms with Crippen LogP contribution in [0.1, 0.15) is 32.3 Å². The molecule has 1 amide bonds. The number of piperidine rings is 1. The van der Waals surface area contributed by atoms with Crippen LogP contribution in [0.25, 0.3) is 10.9 Å². The van der Waals surface area contributed by atoms with Crippen LogP contribution in [0.2, 0.25) is 5.02 Å². The number of nitrogens with zero attached hydrogens (tertiary/aromatic N) is 1. The molecule has 0 radical (unpaired) electrons. The van der Waals surface area contributed by atoms with Gasteiger partial charge < -0.3 is 14.6 Å². The van der Waals surface area contributed by atoms with Gasteiger partial charge in [0.2, 0.25) is 11.5 Å². The molecule has 1 aliphatic rings. The van der Waals surface area contributed by atoms with Crippen LogP contribution in [0.15, 0.2) is 70.5 Å². The first kappa shape index (κ1) is 24.9. The van der Waals surface area contributed by atoms with Crippen LogP contribution < -0.4 is 10.3 Å². The maximum atomic E-state index is 12.5. The van der Waals surface area contributed by atoms with Gasteiger partial charge in [0.05, 0.1) is 6.42 Å². The number of aromatic amines is 1. The van der Waals surface area contributed by atoms with E-state index in [0.717, 1.165) is 40.1 Å². The molecule has 0 spiro atoms. The van der Waals surface area contributed by atoms with Crippen molar-refractivity contribution in [1.82, 2.24) is 9.88 Å². The van der Waals surface area contributed by atoms with Crippen molar-refractivity contribution >= 4 is 40.0 Å². The quantitative estimate of drug-likeness (QED) is 0.495. The third kappa shape index (κ3) is 7.65. The molecule has 0 saturated carbocycles. The number of pyridine rings is 1. The van der Waals surface area contributed by atoms with Crippen LogP contribution in [0, 0.1) is 0 Å². The molecule has 0 bridgehead atoms. The summed E-state index contributed by atoms with van der Waals surface area (Å²) in [4.78, 5) is 28.6. The lowest BCUT2D eigenvalue weighted by atomic mass is 10.1. The van der Waals surface area contributed by atoms with E-state index in [-0.39, 0.29) is 17.6 Å². The molecule has 0 unspecified atom stereocenters. The van der Waals surface area contributed by atoms with Crippen LogP contribution in [0.3, 0.4) is 0 Å². The summed E-state index contributed by atoms with van der Waals surface area (Å²) in [6.07, 6.45) is 3.93. The summed E-state index contributed by atoms with van der Waals surface area (Å²) in [5.74, 6) is 0.918. The number of carbonyl (C=O) groups is 1. The van der Waals surface area contributed by atoms with E-state index in [1.165, 1.54) is 6.07 Å². The second-order valence-electron chi connectivity index (χ2n) is 7.95. The molecule has 1 aromatic heterocycles. The average Bonchev–Trinajstić information content (AvgIpc) is 2.81. The summed E-state index contributed by atoms with van der Waals surface area (Å²) in [7, 11) is 0. The third-order valence-corrected chi connectivity index (χ3v) is 5.93. The van der Waals surface area contributed by atoms with Gasteiger partial charge in [-0.3, -0.25) is 9.59 Å². The molecule has 33 heavy (non-hydrogen) atoms. The monoisotopic (exact) mass is 486 g/mol. The summed E-state index contributed by atoms with van der Waals surface area (Å²) < 4.78 is 6.11. The number of allylic oxidation sites excluding steroid dienone is 2. The smallest absolute Gasteiger partial charge is 0.248 e. The first-order chi connectivity index (χ1) is 15.8. The number of aromatic nitrogens is 1. The highest BCUT2D eigenvalue weighted by Gasteiger charge is 2.24. The molecule has 1 saturated heterocycles. The minimum Gasteiger partial charge on any atom is -0.490 e. The largest absolute Gasteiger partial charge is 0.490 e. The SMILES string of the molecule is C/C=C(\C)Cl.O=C(Cc1ccc(Cl)cc1)N1CCC(Oc2ccc3[nH]c(=O)ccc3c2)CC1. The number of halogens is 2. The number of carbonyl (C=O) groups excluding carboxylic acids is 1. The first-order valence-corrected chi connectivity index (χ1v) is 11.7. The molecule has 2 aromatic carbocycles. The maximum absolute atomic E-state index is 12.5. The molecular weight excluding hydrogens is 459 g/mol. The minimum atomic E-state index is -0.114. The lowest BCUT2D eigenvalue weighted by Gasteiger charge is -2.32. The molecule has 1 fully saturated rings. The number of benzene rings is 2. The Morgan fingerprint density at radius 2 is 1.79 bits per heavy atom. The standard InChI is InChI=1S/C22H21ClN2O3.C4H7Cl/c23-17-4-1-15(2-5-17)13-22(27)25-11-9-18(10-12-25)28-19-6-7-20-16(14-19)3-8-21(26)24-20;1-3-4(2)5/h1-8,14,18H,9-13H2,(H,24,26);3H,1-2H3/b;4-3+. The Hall–Kier alpha value is -2.76. The van der Waals surface area contributed by atoms with Crippen LogP contribution in [0.5, 0.6) is 5.75 Å². The van der Waals surface area contributed by atoms with E-state index in [1.807, 2.05) is 67.3 Å². The topological polar surface area (TPSA) is 62.4 Å². The number of hydrogen-bond donors (Lipinski definition) is 1. The van der Waals surface area contributed by atoms with Crippen molar-refractivity contribution in [3.05, 3.63) is 86.6 Å². The van der Waals surface area contributed by atoms with E-state index in [9.17, 15) is 9.59 Å². The Morgan fingerprint density at radius 1 is 1.12 bits per heavy atom. The number of H-pyrrole nitrogens is 1. The number of hydrogen-bond acceptors (Lipinski definition) is 3. The van der Waals surface area contributed by atoms with Crippen molar-refractivity contribution in [3.63, 3.8) is 0 Å². The summed E-state index contributed by atoms with van der Waals surface area (Å²) in [5.41, 5.74) is 1.65. The predicted octanol–water partition coefficient (Wildman–Crippen LogP) is 5.94. The highest BCUT2D eigenvalue weighted by molar-refractivity contribution is 6.30. The zero-order chi connectivity index (χ0) is 23.8. The summed E-state index contributed by atoms with van der Waals surface area (Å²) >= 11 is 11.2. The van der Waals surface area contributed by atoms with Gasteiger partial charge in [-0.2, -0.15) is 0 Å². The molecule has 4 rings (SSSR count). The van der Waals surface area contributed by atoms with E-state index < -0.39 is 0 Å². The highest BCUT2D eigenvalue weighted by Crippen LogP contribution is 2.23. The number of likely N-dealkylation sites (tertiary alicyclic amines) is 1. The zero-order valence-electron chi connectivity index (χ0n) is 18.8. The normalized spacial score (nSPS) is 14.5. The Labute approximate surface area is 204 Å². The van der Waals surface area contributed by atoms with Crippen molar-refractivity contribution in [3.8, 4) is 5.75 Å². The Kier molecular flexibility index (Phi) is 8.98. The fraction of sp³-hybridized carbons (Fsp3) is 0.308. The fourth-order valence-corrected chi connectivity index (χ4v) is 3.64. The van der Waals surface area contributed by atoms with Gasteiger partial charge in [-0.1, -0.05) is 41.4 Å². The van der Waals surface area contributed by atoms with Crippen molar-refractivity contribution in [2.45, 2.75) is 39.2 Å². The van der Waals surface area contributed by atoms with E-state index >= 15 is 0 Å². The zero-order valence-corrected chi connectivity index (χ0v) is 20.3. The summed E-state index contributed by atoms with van der Waals surface area (Å²) in [6.45, 7) is 5.14. The van der Waals surface area contributed by atoms with Crippen LogP contribution in [0.4, 0.5) is 0 Å². The molecule has 7 heteroatoms. The lowest BCUT2D eigenvalue weighted by molar-refractivity contribution is -0.132. The van der Waals surface area contributed by atoms with Crippen LogP contribution in [-0.2, 0) is 11.2 Å².